The van der Waals surface area contributed by atoms with Crippen molar-refractivity contribution >= 4 is 17.2 Å². The van der Waals surface area contributed by atoms with Crippen molar-refractivity contribution < 1.29 is 0 Å². The van der Waals surface area contributed by atoms with Gasteiger partial charge in [-0.15, -0.1) is 0 Å². The van der Waals surface area contributed by atoms with Gasteiger partial charge in [-0.3, -0.25) is 14.8 Å². The summed E-state index contributed by atoms with van der Waals surface area (Å²) >= 11 is 5.05. The van der Waals surface area contributed by atoms with Crippen LogP contribution in [-0.2, 0) is 6.54 Å². The van der Waals surface area contributed by atoms with Crippen LogP contribution in [0.3, 0.4) is 0 Å². The van der Waals surface area contributed by atoms with E-state index < -0.39 is 0 Å². The molecule has 5 heteroatoms. The van der Waals surface area contributed by atoms with Gasteiger partial charge in [0, 0.05) is 38.9 Å². The fourth-order valence-corrected chi connectivity index (χ4v) is 2.36. The number of rotatable bonds is 4. The van der Waals surface area contributed by atoms with Gasteiger partial charge in [0.2, 0.25) is 0 Å². The average molecular weight is 264 g/mol. The Hall–Kier alpha value is -1.04. The predicted octanol–water partition coefficient (Wildman–Crippen LogP) is 0.874. The van der Waals surface area contributed by atoms with Gasteiger partial charge in [-0.05, 0) is 19.1 Å². The van der Waals surface area contributed by atoms with Crippen LogP contribution in [0.15, 0.2) is 24.4 Å². The smallest absolute Gasteiger partial charge is 0.0899 e. The maximum Gasteiger partial charge on any atom is 0.0899 e. The van der Waals surface area contributed by atoms with Crippen LogP contribution >= 0.6 is 12.2 Å². The molecule has 4 nitrogen and oxygen atoms in total. The zero-order chi connectivity index (χ0) is 13.0. The van der Waals surface area contributed by atoms with E-state index >= 15 is 0 Å². The lowest BCUT2D eigenvalue weighted by atomic mass is 10.2. The molecular formula is C13H20N4S. The molecule has 1 aliphatic rings. The number of hydrogen-bond acceptors (Lipinski definition) is 4. The lowest BCUT2D eigenvalue weighted by molar-refractivity contribution is 0.117. The van der Waals surface area contributed by atoms with Crippen molar-refractivity contribution in [3.05, 3.63) is 30.1 Å². The molecule has 2 heterocycles. The summed E-state index contributed by atoms with van der Waals surface area (Å²) in [6, 6.07) is 6.26. The van der Waals surface area contributed by atoms with Crippen LogP contribution in [0.5, 0.6) is 0 Å². The highest BCUT2D eigenvalue weighted by molar-refractivity contribution is 7.80. The highest BCUT2D eigenvalue weighted by atomic mass is 32.1. The second-order valence-corrected chi connectivity index (χ2v) is 5.18. The Kier molecular flexibility index (Phi) is 4.63. The van der Waals surface area contributed by atoms with Crippen LogP contribution in [0.2, 0.25) is 0 Å². The topological polar surface area (TPSA) is 45.4 Å². The summed E-state index contributed by atoms with van der Waals surface area (Å²) in [6.45, 7) is 7.14. The lowest BCUT2D eigenvalue weighted by Gasteiger charge is -2.37. The van der Waals surface area contributed by atoms with E-state index in [-0.39, 0.29) is 6.04 Å². The monoisotopic (exact) mass is 264 g/mol. The fourth-order valence-electron chi connectivity index (χ4n) is 2.21. The highest BCUT2D eigenvalue weighted by Crippen LogP contribution is 2.09. The number of hydrogen-bond donors (Lipinski definition) is 1. The summed E-state index contributed by atoms with van der Waals surface area (Å²) in [7, 11) is 0. The Morgan fingerprint density at radius 2 is 2.11 bits per heavy atom. The van der Waals surface area contributed by atoms with Crippen LogP contribution in [0.1, 0.15) is 12.6 Å². The molecular weight excluding hydrogens is 244 g/mol. The molecule has 1 saturated heterocycles. The molecule has 2 rings (SSSR count). The molecule has 1 unspecified atom stereocenters. The second kappa shape index (κ2) is 6.22. The van der Waals surface area contributed by atoms with Crippen molar-refractivity contribution in [3.63, 3.8) is 0 Å². The molecule has 0 radical (unpaired) electrons. The minimum atomic E-state index is 0.206. The van der Waals surface area contributed by atoms with Crippen molar-refractivity contribution in [1.82, 2.24) is 14.8 Å². The molecule has 1 aromatic rings. The van der Waals surface area contributed by atoms with E-state index in [4.69, 9.17) is 18.0 Å². The van der Waals surface area contributed by atoms with E-state index in [1.54, 1.807) is 0 Å². The standard InChI is InChI=1S/C13H20N4S/c1-11(13(14)18)17-8-6-16(7-9-17)10-12-4-2-3-5-15-12/h2-5,11H,6-10H2,1H3,(H2,14,18). The largest absolute Gasteiger partial charge is 0.392 e. The van der Waals surface area contributed by atoms with E-state index in [0.29, 0.717) is 4.99 Å². The van der Waals surface area contributed by atoms with Crippen LogP contribution in [-0.4, -0.2) is 52.0 Å². The van der Waals surface area contributed by atoms with Crippen molar-refractivity contribution in [1.29, 1.82) is 0 Å². The second-order valence-electron chi connectivity index (χ2n) is 4.71. The quantitative estimate of drug-likeness (QED) is 0.818. The first-order chi connectivity index (χ1) is 8.66. The Labute approximate surface area is 114 Å². The summed E-state index contributed by atoms with van der Waals surface area (Å²) in [5, 5.41) is 0. The first kappa shape index (κ1) is 13.4. The van der Waals surface area contributed by atoms with Crippen LogP contribution < -0.4 is 5.73 Å². The van der Waals surface area contributed by atoms with E-state index in [1.807, 2.05) is 18.3 Å². The van der Waals surface area contributed by atoms with Crippen LogP contribution in [0.25, 0.3) is 0 Å². The SMILES string of the molecule is CC(C(N)=S)N1CCN(Cc2ccccn2)CC1. The fraction of sp³-hybridized carbons (Fsp3) is 0.538. The van der Waals surface area contributed by atoms with Gasteiger partial charge < -0.3 is 5.73 Å². The highest BCUT2D eigenvalue weighted by Gasteiger charge is 2.22. The molecule has 0 aliphatic carbocycles. The molecule has 0 saturated carbocycles. The molecule has 1 aromatic heterocycles. The molecule has 2 N–H and O–H groups in total. The third kappa shape index (κ3) is 3.48. The van der Waals surface area contributed by atoms with Crippen molar-refractivity contribution in [2.45, 2.75) is 19.5 Å². The summed E-state index contributed by atoms with van der Waals surface area (Å²) < 4.78 is 0. The molecule has 1 fully saturated rings. The van der Waals surface area contributed by atoms with Gasteiger partial charge in [0.25, 0.3) is 0 Å². The van der Waals surface area contributed by atoms with Gasteiger partial charge in [0.05, 0.1) is 16.7 Å². The number of thiocarbonyl (C=S) groups is 1. The maximum atomic E-state index is 5.69. The minimum absolute atomic E-state index is 0.206. The Bertz CT molecular complexity index is 387. The number of nitrogens with two attached hydrogens (primary N) is 1. The Morgan fingerprint density at radius 3 is 2.67 bits per heavy atom. The van der Waals surface area contributed by atoms with Crippen LogP contribution in [0.4, 0.5) is 0 Å². The van der Waals surface area contributed by atoms with Gasteiger partial charge in [-0.2, -0.15) is 0 Å². The van der Waals surface area contributed by atoms with Gasteiger partial charge >= 0.3 is 0 Å². The third-order valence-electron chi connectivity index (χ3n) is 3.48. The summed E-state index contributed by atoms with van der Waals surface area (Å²) in [4.78, 5) is 9.72. The van der Waals surface area contributed by atoms with Gasteiger partial charge in [0.1, 0.15) is 0 Å². The molecule has 18 heavy (non-hydrogen) atoms. The zero-order valence-corrected chi connectivity index (χ0v) is 11.6. The summed E-state index contributed by atoms with van der Waals surface area (Å²) in [5.41, 5.74) is 6.82. The van der Waals surface area contributed by atoms with Crippen LogP contribution in [0, 0.1) is 0 Å². The number of nitrogens with zero attached hydrogens (tertiary/aromatic N) is 3. The van der Waals surface area contributed by atoms with Gasteiger partial charge in [-0.1, -0.05) is 18.3 Å². The predicted molar refractivity (Wildman–Crippen MR) is 77.3 cm³/mol. The van der Waals surface area contributed by atoms with Crippen molar-refractivity contribution in [3.8, 4) is 0 Å². The molecule has 0 amide bonds. The van der Waals surface area contributed by atoms with Gasteiger partial charge in [0.15, 0.2) is 0 Å². The van der Waals surface area contributed by atoms with E-state index in [0.717, 1.165) is 38.4 Å². The Morgan fingerprint density at radius 1 is 1.39 bits per heavy atom. The summed E-state index contributed by atoms with van der Waals surface area (Å²) in [5.74, 6) is 0. The van der Waals surface area contributed by atoms with Gasteiger partial charge in [-0.25, -0.2) is 0 Å². The zero-order valence-electron chi connectivity index (χ0n) is 10.7. The molecule has 98 valence electrons. The molecule has 1 atom stereocenters. The van der Waals surface area contributed by atoms with Crippen molar-refractivity contribution in [2.24, 2.45) is 5.73 Å². The number of aromatic nitrogens is 1. The number of piperazine rings is 1. The summed E-state index contributed by atoms with van der Waals surface area (Å²) in [6.07, 6.45) is 1.85. The first-order valence-corrected chi connectivity index (χ1v) is 6.73. The first-order valence-electron chi connectivity index (χ1n) is 6.32. The van der Waals surface area contributed by atoms with E-state index in [2.05, 4.69) is 27.8 Å². The normalized spacial score (nSPS) is 19.6. The maximum absolute atomic E-state index is 5.69. The molecule has 0 spiro atoms. The molecule has 1 aliphatic heterocycles. The van der Waals surface area contributed by atoms with E-state index in [1.165, 1.54) is 0 Å². The third-order valence-corrected chi connectivity index (χ3v) is 3.82. The number of pyridine rings is 1. The van der Waals surface area contributed by atoms with E-state index in [9.17, 15) is 0 Å². The Balaban J connectivity index is 1.82. The van der Waals surface area contributed by atoms with Crippen molar-refractivity contribution in [2.75, 3.05) is 26.2 Å². The lowest BCUT2D eigenvalue weighted by Crippen LogP contribution is -2.52. The minimum Gasteiger partial charge on any atom is -0.392 e. The molecule has 0 aromatic carbocycles. The average Bonchev–Trinajstić information content (AvgIpc) is 2.40. The molecule has 0 bridgehead atoms.